The summed E-state index contributed by atoms with van der Waals surface area (Å²) in [6.45, 7) is 3.85. The molecule has 0 unspecified atom stereocenters. The van der Waals surface area contributed by atoms with E-state index in [1.165, 1.54) is 0 Å². The second kappa shape index (κ2) is 7.58. The summed E-state index contributed by atoms with van der Waals surface area (Å²) in [5.41, 5.74) is 4.42. The number of benzene rings is 1. The van der Waals surface area contributed by atoms with E-state index in [0.717, 1.165) is 53.9 Å². The number of anilines is 1. The predicted octanol–water partition coefficient (Wildman–Crippen LogP) is 2.85. The third-order valence-electron chi connectivity index (χ3n) is 6.61. The number of ether oxygens (including phenoxy) is 1. The number of hydrogen-bond acceptors (Lipinski definition) is 6. The maximum absolute atomic E-state index is 12.4. The summed E-state index contributed by atoms with van der Waals surface area (Å²) >= 11 is 0. The molecule has 6 rings (SSSR count). The first-order valence-electron chi connectivity index (χ1n) is 11.0. The van der Waals surface area contributed by atoms with Gasteiger partial charge in [-0.2, -0.15) is 5.10 Å². The minimum atomic E-state index is 0.134. The minimum Gasteiger partial charge on any atom is -0.481 e. The van der Waals surface area contributed by atoms with Crippen LogP contribution in [-0.2, 0) is 11.3 Å². The van der Waals surface area contributed by atoms with E-state index in [9.17, 15) is 4.79 Å². The summed E-state index contributed by atoms with van der Waals surface area (Å²) in [6, 6.07) is 14.2. The van der Waals surface area contributed by atoms with Crippen molar-refractivity contribution in [2.24, 2.45) is 5.41 Å². The lowest BCUT2D eigenvalue weighted by atomic mass is 9.72. The molecule has 8 heteroatoms. The summed E-state index contributed by atoms with van der Waals surface area (Å²) in [5.74, 6) is 0.748. The molecule has 33 heavy (non-hydrogen) atoms. The largest absolute Gasteiger partial charge is 0.481 e. The van der Waals surface area contributed by atoms with Crippen LogP contribution in [0.1, 0.15) is 0 Å². The van der Waals surface area contributed by atoms with Gasteiger partial charge in [-0.1, -0.05) is 6.07 Å². The monoisotopic (exact) mass is 440 g/mol. The fourth-order valence-electron chi connectivity index (χ4n) is 4.88. The van der Waals surface area contributed by atoms with E-state index in [1.54, 1.807) is 18.0 Å². The van der Waals surface area contributed by atoms with Gasteiger partial charge in [0.25, 0.3) is 0 Å². The average molecular weight is 441 g/mol. The van der Waals surface area contributed by atoms with E-state index < -0.39 is 0 Å². The highest BCUT2D eigenvalue weighted by Gasteiger charge is 2.53. The van der Waals surface area contributed by atoms with E-state index >= 15 is 0 Å². The van der Waals surface area contributed by atoms with Crippen molar-refractivity contribution in [3.05, 3.63) is 67.3 Å². The molecule has 1 amide bonds. The van der Waals surface area contributed by atoms with Gasteiger partial charge in [0.15, 0.2) is 0 Å². The molecular weight excluding hydrogens is 416 g/mol. The van der Waals surface area contributed by atoms with Crippen LogP contribution < -0.4 is 9.64 Å². The average Bonchev–Trinajstić information content (AvgIpc) is 3.29. The number of carbonyl (C=O) groups excluding carboxylic acids is 1. The Balaban J connectivity index is 1.11. The molecule has 0 N–H and O–H groups in total. The van der Waals surface area contributed by atoms with Crippen molar-refractivity contribution in [1.82, 2.24) is 24.6 Å². The Bertz CT molecular complexity index is 1320. The third kappa shape index (κ3) is 3.57. The van der Waals surface area contributed by atoms with Crippen molar-refractivity contribution in [1.29, 1.82) is 0 Å². The van der Waals surface area contributed by atoms with Crippen molar-refractivity contribution in [2.45, 2.75) is 6.54 Å². The molecule has 2 aliphatic rings. The minimum absolute atomic E-state index is 0.134. The third-order valence-corrected chi connectivity index (χ3v) is 6.61. The highest BCUT2D eigenvalue weighted by atomic mass is 16.5. The maximum atomic E-state index is 12.4. The number of nitrogens with zero attached hydrogens (tertiary/aromatic N) is 6. The quantitative estimate of drug-likeness (QED) is 0.475. The van der Waals surface area contributed by atoms with E-state index in [2.05, 4.69) is 38.2 Å². The summed E-state index contributed by atoms with van der Waals surface area (Å²) in [5, 5.41) is 5.19. The number of carbonyl (C=O) groups is 1. The highest BCUT2D eigenvalue weighted by Crippen LogP contribution is 2.42. The molecular formula is C25H24N6O2. The molecule has 3 aromatic heterocycles. The first-order valence-corrected chi connectivity index (χ1v) is 11.0. The van der Waals surface area contributed by atoms with Crippen LogP contribution in [0, 0.1) is 5.41 Å². The van der Waals surface area contributed by atoms with Crippen LogP contribution in [0.2, 0.25) is 0 Å². The fourth-order valence-corrected chi connectivity index (χ4v) is 4.88. The molecule has 2 fully saturated rings. The zero-order valence-corrected chi connectivity index (χ0v) is 18.4. The summed E-state index contributed by atoms with van der Waals surface area (Å²) < 4.78 is 6.90. The molecule has 166 valence electrons. The Labute approximate surface area is 191 Å². The van der Waals surface area contributed by atoms with Gasteiger partial charge in [0.05, 0.1) is 24.5 Å². The molecule has 2 saturated heterocycles. The number of fused-ring (bicyclic) bond motifs is 1. The summed E-state index contributed by atoms with van der Waals surface area (Å²) in [7, 11) is 1.62. The van der Waals surface area contributed by atoms with Gasteiger partial charge in [-0.05, 0) is 35.9 Å². The van der Waals surface area contributed by atoms with Crippen LogP contribution in [0.15, 0.2) is 67.3 Å². The Morgan fingerprint density at radius 3 is 2.73 bits per heavy atom. The molecule has 1 aromatic carbocycles. The summed E-state index contributed by atoms with van der Waals surface area (Å²) in [4.78, 5) is 25.7. The lowest BCUT2D eigenvalue weighted by molar-refractivity contribution is -0.146. The fraction of sp³-hybridized carbons (Fsp3) is 0.280. The second-order valence-electron chi connectivity index (χ2n) is 9.00. The van der Waals surface area contributed by atoms with Gasteiger partial charge in [-0.25, -0.2) is 4.98 Å². The molecule has 2 aliphatic heterocycles. The Hall–Kier alpha value is -3.94. The van der Waals surface area contributed by atoms with Gasteiger partial charge in [-0.3, -0.25) is 14.5 Å². The Kier molecular flexibility index (Phi) is 4.53. The van der Waals surface area contributed by atoms with Crippen LogP contribution in [0.5, 0.6) is 5.88 Å². The summed E-state index contributed by atoms with van der Waals surface area (Å²) in [6.07, 6.45) is 7.34. The SMILES string of the molecule is COc1ccc2cc(-c3cncc(N4CC5(CN(C(=O)Cn6cccn6)C5)C4)c3)ccc2n1. The molecule has 0 atom stereocenters. The van der Waals surface area contributed by atoms with Gasteiger partial charge in [0.1, 0.15) is 6.54 Å². The van der Waals surface area contributed by atoms with Gasteiger partial charge in [0.2, 0.25) is 11.8 Å². The van der Waals surface area contributed by atoms with Crippen LogP contribution in [0.4, 0.5) is 5.69 Å². The van der Waals surface area contributed by atoms with E-state index in [1.807, 2.05) is 47.8 Å². The first-order chi connectivity index (χ1) is 16.1. The Morgan fingerprint density at radius 2 is 1.94 bits per heavy atom. The molecule has 0 bridgehead atoms. The van der Waals surface area contributed by atoms with Gasteiger partial charge >= 0.3 is 0 Å². The lowest BCUT2D eigenvalue weighted by Gasteiger charge is -2.60. The van der Waals surface area contributed by atoms with Crippen LogP contribution in [-0.4, -0.2) is 63.8 Å². The highest BCUT2D eigenvalue weighted by molar-refractivity contribution is 5.85. The zero-order chi connectivity index (χ0) is 22.4. The van der Waals surface area contributed by atoms with Crippen LogP contribution in [0.25, 0.3) is 22.0 Å². The van der Waals surface area contributed by atoms with Crippen molar-refractivity contribution in [3.8, 4) is 17.0 Å². The van der Waals surface area contributed by atoms with Gasteiger partial charge in [0, 0.05) is 67.2 Å². The predicted molar refractivity (Wildman–Crippen MR) is 125 cm³/mol. The van der Waals surface area contributed by atoms with Crippen molar-refractivity contribution in [2.75, 3.05) is 38.2 Å². The van der Waals surface area contributed by atoms with Crippen LogP contribution in [0.3, 0.4) is 0 Å². The number of rotatable bonds is 5. The molecule has 0 radical (unpaired) electrons. The maximum Gasteiger partial charge on any atom is 0.244 e. The molecule has 0 saturated carbocycles. The lowest BCUT2D eigenvalue weighted by Crippen LogP contribution is -2.73. The number of amides is 1. The van der Waals surface area contributed by atoms with E-state index in [-0.39, 0.29) is 11.3 Å². The van der Waals surface area contributed by atoms with Gasteiger partial charge in [-0.15, -0.1) is 0 Å². The van der Waals surface area contributed by atoms with Crippen LogP contribution >= 0.6 is 0 Å². The van der Waals surface area contributed by atoms with Crippen molar-refractivity contribution in [3.63, 3.8) is 0 Å². The normalized spacial score (nSPS) is 16.5. The van der Waals surface area contributed by atoms with Gasteiger partial charge < -0.3 is 14.5 Å². The van der Waals surface area contributed by atoms with Crippen molar-refractivity contribution < 1.29 is 9.53 Å². The molecule has 8 nitrogen and oxygen atoms in total. The molecule has 1 spiro atoms. The topological polar surface area (TPSA) is 76.4 Å². The first kappa shape index (κ1) is 19.7. The number of hydrogen-bond donors (Lipinski definition) is 0. The van der Waals surface area contributed by atoms with Crippen molar-refractivity contribution >= 4 is 22.5 Å². The number of pyridine rings is 2. The number of methoxy groups -OCH3 is 1. The molecule has 0 aliphatic carbocycles. The standard InChI is InChI=1S/C25H24N6O2/c1-33-23-6-4-19-9-18(3-5-22(19)28-23)20-10-21(12-26-11-20)29-14-25(15-29)16-30(17-25)24(32)13-31-8-2-7-27-31/h2-12H,13-17H2,1H3. The van der Waals surface area contributed by atoms with E-state index in [0.29, 0.717) is 12.4 Å². The van der Waals surface area contributed by atoms with E-state index in [4.69, 9.17) is 4.74 Å². The second-order valence-corrected chi connectivity index (χ2v) is 9.00. The molecule has 4 aromatic rings. The number of likely N-dealkylation sites (tertiary alicyclic amines) is 1. The smallest absolute Gasteiger partial charge is 0.244 e. The Morgan fingerprint density at radius 1 is 1.06 bits per heavy atom. The molecule has 5 heterocycles. The number of aromatic nitrogens is 4. The zero-order valence-electron chi connectivity index (χ0n) is 18.4.